The maximum Gasteiger partial charge on any atom is 0.227 e. The summed E-state index contributed by atoms with van der Waals surface area (Å²) in [4.78, 5) is 4.56. The third kappa shape index (κ3) is 1.70. The second kappa shape index (κ2) is 3.85. The van der Waals surface area contributed by atoms with Gasteiger partial charge in [-0.3, -0.25) is 0 Å². The Balaban J connectivity index is 1.85. The fourth-order valence-corrected chi connectivity index (χ4v) is 2.59. The molecule has 0 unspecified atom stereocenters. The summed E-state index contributed by atoms with van der Waals surface area (Å²) < 4.78 is 5.86. The van der Waals surface area contributed by atoms with Crippen LogP contribution < -0.4 is 5.32 Å². The van der Waals surface area contributed by atoms with Crippen LogP contribution in [0.15, 0.2) is 40.8 Å². The van der Waals surface area contributed by atoms with Gasteiger partial charge in [-0.1, -0.05) is 6.07 Å². The van der Waals surface area contributed by atoms with Gasteiger partial charge in [0.15, 0.2) is 5.58 Å². The molecule has 4 rings (SSSR count). The molecule has 0 amide bonds. The lowest BCUT2D eigenvalue weighted by molar-refractivity contribution is 0.619. The first kappa shape index (κ1) is 10.6. The molecule has 1 aromatic heterocycles. The van der Waals surface area contributed by atoms with Crippen molar-refractivity contribution in [3.05, 3.63) is 47.5 Å². The Bertz CT molecular complexity index is 774. The van der Waals surface area contributed by atoms with Crippen LogP contribution in [0.25, 0.3) is 22.6 Å². The minimum atomic E-state index is 0.704. The summed E-state index contributed by atoms with van der Waals surface area (Å²) in [6, 6.07) is 12.4. The van der Waals surface area contributed by atoms with E-state index in [1.807, 2.05) is 12.1 Å². The zero-order valence-electron chi connectivity index (χ0n) is 10.7. The highest BCUT2D eigenvalue weighted by molar-refractivity contribution is 5.77. The van der Waals surface area contributed by atoms with E-state index in [4.69, 9.17) is 4.42 Å². The molecule has 1 aliphatic rings. The molecule has 0 fully saturated rings. The lowest BCUT2D eigenvalue weighted by atomic mass is 10.1. The highest BCUT2D eigenvalue weighted by Crippen LogP contribution is 2.30. The van der Waals surface area contributed by atoms with Gasteiger partial charge in [0, 0.05) is 17.8 Å². The Morgan fingerprint density at radius 1 is 1.16 bits per heavy atom. The summed E-state index contributed by atoms with van der Waals surface area (Å²) in [5.41, 5.74) is 6.59. The summed E-state index contributed by atoms with van der Waals surface area (Å²) in [5.74, 6) is 0.704. The topological polar surface area (TPSA) is 38.1 Å². The number of hydrogen-bond acceptors (Lipinski definition) is 3. The van der Waals surface area contributed by atoms with Gasteiger partial charge in [-0.25, -0.2) is 4.98 Å². The van der Waals surface area contributed by atoms with Gasteiger partial charge in [0.2, 0.25) is 5.89 Å². The van der Waals surface area contributed by atoms with Crippen LogP contribution in [-0.4, -0.2) is 11.5 Å². The van der Waals surface area contributed by atoms with E-state index in [9.17, 15) is 0 Å². The summed E-state index contributed by atoms with van der Waals surface area (Å²) >= 11 is 0. The van der Waals surface area contributed by atoms with E-state index in [1.165, 1.54) is 16.8 Å². The van der Waals surface area contributed by atoms with Crippen LogP contribution in [0.5, 0.6) is 0 Å². The van der Waals surface area contributed by atoms with Crippen LogP contribution in [0, 0.1) is 6.92 Å². The van der Waals surface area contributed by atoms with Crippen molar-refractivity contribution in [2.24, 2.45) is 0 Å². The summed E-state index contributed by atoms with van der Waals surface area (Å²) in [5, 5.41) is 3.36. The predicted octanol–water partition coefficient (Wildman–Crippen LogP) is 3.77. The first-order valence-corrected chi connectivity index (χ1v) is 6.54. The molecule has 0 saturated carbocycles. The van der Waals surface area contributed by atoms with Gasteiger partial charge in [-0.15, -0.1) is 0 Å². The van der Waals surface area contributed by atoms with Crippen molar-refractivity contribution in [2.75, 3.05) is 11.9 Å². The molecule has 0 radical (unpaired) electrons. The second-order valence-electron chi connectivity index (χ2n) is 5.04. The predicted molar refractivity (Wildman–Crippen MR) is 76.4 cm³/mol. The van der Waals surface area contributed by atoms with E-state index < -0.39 is 0 Å². The molecule has 3 nitrogen and oxygen atoms in total. The molecular weight excluding hydrogens is 236 g/mol. The zero-order valence-corrected chi connectivity index (χ0v) is 10.7. The van der Waals surface area contributed by atoms with Crippen molar-refractivity contribution in [3.8, 4) is 11.5 Å². The Morgan fingerprint density at radius 3 is 3.05 bits per heavy atom. The minimum absolute atomic E-state index is 0.704. The molecule has 1 aliphatic heterocycles. The molecule has 94 valence electrons. The largest absolute Gasteiger partial charge is 0.436 e. The molecule has 19 heavy (non-hydrogen) atoms. The maximum absolute atomic E-state index is 5.86. The number of aryl methyl sites for hydroxylation is 1. The third-order valence-electron chi connectivity index (χ3n) is 3.61. The Morgan fingerprint density at radius 2 is 2.11 bits per heavy atom. The standard InChI is InChI=1S/C16H14N2O/c1-10-2-4-14-15(8-10)19-16(18-14)12-3-5-13-11(9-12)6-7-17-13/h2-5,8-9,17H,6-7H2,1H3. The molecule has 0 bridgehead atoms. The van der Waals surface area contributed by atoms with Crippen molar-refractivity contribution in [1.82, 2.24) is 4.98 Å². The molecule has 0 atom stereocenters. The van der Waals surface area contributed by atoms with Crippen LogP contribution in [0.1, 0.15) is 11.1 Å². The number of benzene rings is 2. The van der Waals surface area contributed by atoms with E-state index in [0.717, 1.165) is 29.6 Å². The van der Waals surface area contributed by atoms with Crippen molar-refractivity contribution in [1.29, 1.82) is 0 Å². The molecule has 1 N–H and O–H groups in total. The first-order chi connectivity index (χ1) is 9.29. The quantitative estimate of drug-likeness (QED) is 0.714. The number of oxazole rings is 1. The van der Waals surface area contributed by atoms with Crippen molar-refractivity contribution < 1.29 is 4.42 Å². The molecule has 2 aromatic carbocycles. The number of aromatic nitrogens is 1. The van der Waals surface area contributed by atoms with Gasteiger partial charge in [0.25, 0.3) is 0 Å². The van der Waals surface area contributed by atoms with Crippen molar-refractivity contribution in [3.63, 3.8) is 0 Å². The van der Waals surface area contributed by atoms with Crippen LogP contribution in [0.3, 0.4) is 0 Å². The van der Waals surface area contributed by atoms with E-state index in [-0.39, 0.29) is 0 Å². The van der Waals surface area contributed by atoms with Gasteiger partial charge in [-0.2, -0.15) is 0 Å². The zero-order chi connectivity index (χ0) is 12.8. The molecule has 0 saturated heterocycles. The SMILES string of the molecule is Cc1ccc2nc(-c3ccc4c(c3)CCN4)oc2c1. The van der Waals surface area contributed by atoms with Crippen molar-refractivity contribution in [2.45, 2.75) is 13.3 Å². The summed E-state index contributed by atoms with van der Waals surface area (Å²) in [6.45, 7) is 3.08. The van der Waals surface area contributed by atoms with E-state index in [0.29, 0.717) is 5.89 Å². The second-order valence-corrected chi connectivity index (χ2v) is 5.04. The lowest BCUT2D eigenvalue weighted by Crippen LogP contribution is -1.90. The Hall–Kier alpha value is -2.29. The minimum Gasteiger partial charge on any atom is -0.436 e. The van der Waals surface area contributed by atoms with Crippen LogP contribution >= 0.6 is 0 Å². The number of nitrogens with zero attached hydrogens (tertiary/aromatic N) is 1. The van der Waals surface area contributed by atoms with Crippen LogP contribution in [-0.2, 0) is 6.42 Å². The number of nitrogens with one attached hydrogen (secondary N) is 1. The fourth-order valence-electron chi connectivity index (χ4n) is 2.59. The molecule has 3 aromatic rings. The molecule has 0 spiro atoms. The average molecular weight is 250 g/mol. The van der Waals surface area contributed by atoms with Gasteiger partial charge in [-0.05, 0) is 54.8 Å². The normalized spacial score (nSPS) is 13.5. The number of anilines is 1. The van der Waals surface area contributed by atoms with Gasteiger partial charge >= 0.3 is 0 Å². The molecular formula is C16H14N2O. The van der Waals surface area contributed by atoms with Gasteiger partial charge in [0.05, 0.1) is 0 Å². The highest BCUT2D eigenvalue weighted by Gasteiger charge is 2.13. The Labute approximate surface area is 111 Å². The summed E-state index contributed by atoms with van der Waals surface area (Å²) in [6.07, 6.45) is 1.07. The number of rotatable bonds is 1. The Kier molecular flexibility index (Phi) is 2.15. The first-order valence-electron chi connectivity index (χ1n) is 6.54. The molecule has 2 heterocycles. The smallest absolute Gasteiger partial charge is 0.227 e. The maximum atomic E-state index is 5.86. The number of fused-ring (bicyclic) bond motifs is 2. The van der Waals surface area contributed by atoms with Gasteiger partial charge < -0.3 is 9.73 Å². The monoisotopic (exact) mass is 250 g/mol. The highest BCUT2D eigenvalue weighted by atomic mass is 16.3. The number of hydrogen-bond donors (Lipinski definition) is 1. The van der Waals surface area contributed by atoms with Gasteiger partial charge in [0.1, 0.15) is 5.52 Å². The molecule has 0 aliphatic carbocycles. The van der Waals surface area contributed by atoms with Crippen molar-refractivity contribution >= 4 is 16.8 Å². The lowest BCUT2D eigenvalue weighted by Gasteiger charge is -2.00. The van der Waals surface area contributed by atoms with E-state index in [1.54, 1.807) is 0 Å². The van der Waals surface area contributed by atoms with E-state index in [2.05, 4.69) is 41.5 Å². The van der Waals surface area contributed by atoms with Crippen LogP contribution in [0.4, 0.5) is 5.69 Å². The van der Waals surface area contributed by atoms with Crippen LogP contribution in [0.2, 0.25) is 0 Å². The third-order valence-corrected chi connectivity index (χ3v) is 3.61. The average Bonchev–Trinajstić information content (AvgIpc) is 3.02. The summed E-state index contributed by atoms with van der Waals surface area (Å²) in [7, 11) is 0. The van der Waals surface area contributed by atoms with E-state index >= 15 is 0 Å². The fraction of sp³-hybridized carbons (Fsp3) is 0.188. The molecule has 3 heteroatoms.